The van der Waals surface area contributed by atoms with Gasteiger partial charge in [0.2, 0.25) is 0 Å². The van der Waals surface area contributed by atoms with Gasteiger partial charge in [-0.15, -0.1) is 0 Å². The van der Waals surface area contributed by atoms with E-state index in [1.165, 1.54) is 24.5 Å². The Morgan fingerprint density at radius 1 is 1.32 bits per heavy atom. The lowest BCUT2D eigenvalue weighted by Gasteiger charge is -2.11. The third-order valence-electron chi connectivity index (χ3n) is 2.51. The fourth-order valence-electron chi connectivity index (χ4n) is 1.51. The number of hydrogen-bond donors (Lipinski definition) is 2. The van der Waals surface area contributed by atoms with Crippen LogP contribution in [0.5, 0.6) is 0 Å². The molecule has 1 aromatic heterocycles. The molecule has 5 nitrogen and oxygen atoms in total. The second kappa shape index (κ2) is 4.85. The summed E-state index contributed by atoms with van der Waals surface area (Å²) in [6.45, 7) is 1.70. The van der Waals surface area contributed by atoms with Gasteiger partial charge in [-0.25, -0.2) is 12.8 Å². The zero-order valence-corrected chi connectivity index (χ0v) is 10.9. The molecule has 3 N–H and O–H groups in total. The van der Waals surface area contributed by atoms with Crippen molar-refractivity contribution in [3.63, 3.8) is 0 Å². The van der Waals surface area contributed by atoms with Crippen molar-refractivity contribution in [3.8, 4) is 0 Å². The standard InChI is InChI=1S/C12H12FN3O2S/c1-8-7-15-5-4-11(8)16-19(17,18)12-6-9(14)2-3-10(12)13/h2-7H,14H2,1H3,(H,15,16). The van der Waals surface area contributed by atoms with Crippen molar-refractivity contribution < 1.29 is 12.8 Å². The van der Waals surface area contributed by atoms with Crippen LogP contribution in [0.3, 0.4) is 0 Å². The van der Waals surface area contributed by atoms with Gasteiger partial charge in [-0.3, -0.25) is 9.71 Å². The molecule has 100 valence electrons. The molecule has 7 heteroatoms. The minimum Gasteiger partial charge on any atom is -0.399 e. The highest BCUT2D eigenvalue weighted by molar-refractivity contribution is 7.92. The summed E-state index contributed by atoms with van der Waals surface area (Å²) in [5.41, 5.74) is 6.63. The zero-order valence-electron chi connectivity index (χ0n) is 10.1. The predicted molar refractivity (Wildman–Crippen MR) is 70.6 cm³/mol. The number of anilines is 2. The van der Waals surface area contributed by atoms with E-state index in [0.29, 0.717) is 11.3 Å². The van der Waals surface area contributed by atoms with Crippen LogP contribution in [0.1, 0.15) is 5.56 Å². The Balaban J connectivity index is 2.44. The lowest BCUT2D eigenvalue weighted by molar-refractivity contribution is 0.570. The fourth-order valence-corrected chi connectivity index (χ4v) is 2.76. The third-order valence-corrected chi connectivity index (χ3v) is 3.89. The average Bonchev–Trinajstić information content (AvgIpc) is 2.35. The van der Waals surface area contributed by atoms with E-state index in [2.05, 4.69) is 9.71 Å². The Morgan fingerprint density at radius 3 is 2.74 bits per heavy atom. The quantitative estimate of drug-likeness (QED) is 0.842. The number of halogens is 1. The van der Waals surface area contributed by atoms with Gasteiger partial charge in [-0.1, -0.05) is 0 Å². The molecule has 19 heavy (non-hydrogen) atoms. The minimum absolute atomic E-state index is 0.174. The number of rotatable bonds is 3. The summed E-state index contributed by atoms with van der Waals surface area (Å²) >= 11 is 0. The predicted octanol–water partition coefficient (Wildman–Crippen LogP) is 1.91. The SMILES string of the molecule is Cc1cnccc1NS(=O)(=O)c1cc(N)ccc1F. The van der Waals surface area contributed by atoms with Gasteiger partial charge in [-0.2, -0.15) is 0 Å². The largest absolute Gasteiger partial charge is 0.399 e. The third kappa shape index (κ3) is 2.82. The Morgan fingerprint density at radius 2 is 2.05 bits per heavy atom. The molecule has 0 saturated carbocycles. The van der Waals surface area contributed by atoms with Gasteiger partial charge in [0.25, 0.3) is 10.0 Å². The van der Waals surface area contributed by atoms with Gasteiger partial charge in [0, 0.05) is 18.1 Å². The fraction of sp³-hybridized carbons (Fsp3) is 0.0833. The van der Waals surface area contributed by atoms with Gasteiger partial charge >= 0.3 is 0 Å². The number of nitrogen functional groups attached to an aromatic ring is 1. The maximum absolute atomic E-state index is 13.6. The van der Waals surface area contributed by atoms with Crippen LogP contribution >= 0.6 is 0 Å². The van der Waals surface area contributed by atoms with Crippen LogP contribution in [-0.2, 0) is 10.0 Å². The second-order valence-corrected chi connectivity index (χ2v) is 5.64. The first-order chi connectivity index (χ1) is 8.90. The van der Waals surface area contributed by atoms with Crippen molar-refractivity contribution in [2.75, 3.05) is 10.5 Å². The topological polar surface area (TPSA) is 85.1 Å². The number of benzene rings is 1. The number of aromatic nitrogens is 1. The van der Waals surface area contributed by atoms with Gasteiger partial charge in [-0.05, 0) is 36.8 Å². The first-order valence-electron chi connectivity index (χ1n) is 5.38. The van der Waals surface area contributed by atoms with Crippen molar-refractivity contribution in [1.82, 2.24) is 4.98 Å². The first kappa shape index (κ1) is 13.3. The molecule has 0 amide bonds. The molecular formula is C12H12FN3O2S. The molecule has 0 bridgehead atoms. The van der Waals surface area contributed by atoms with Crippen LogP contribution in [0.25, 0.3) is 0 Å². The number of nitrogens with zero attached hydrogens (tertiary/aromatic N) is 1. The number of sulfonamides is 1. The Hall–Kier alpha value is -2.15. The van der Waals surface area contributed by atoms with Crippen LogP contribution in [0.15, 0.2) is 41.6 Å². The van der Waals surface area contributed by atoms with E-state index in [1.807, 2.05) is 0 Å². The van der Waals surface area contributed by atoms with Crippen LogP contribution in [0, 0.1) is 12.7 Å². The van der Waals surface area contributed by atoms with E-state index in [-0.39, 0.29) is 5.69 Å². The van der Waals surface area contributed by atoms with Crippen molar-refractivity contribution in [1.29, 1.82) is 0 Å². The number of pyridine rings is 1. The highest BCUT2D eigenvalue weighted by atomic mass is 32.2. The van der Waals surface area contributed by atoms with Crippen molar-refractivity contribution in [3.05, 3.63) is 48.0 Å². The molecule has 0 unspecified atom stereocenters. The number of nitrogens with one attached hydrogen (secondary N) is 1. The molecule has 1 aromatic carbocycles. The minimum atomic E-state index is -4.02. The molecule has 1 heterocycles. The zero-order chi connectivity index (χ0) is 14.0. The molecule has 2 rings (SSSR count). The van der Waals surface area contributed by atoms with Crippen LogP contribution in [0.2, 0.25) is 0 Å². The van der Waals surface area contributed by atoms with Crippen LogP contribution in [0.4, 0.5) is 15.8 Å². The highest BCUT2D eigenvalue weighted by Crippen LogP contribution is 2.22. The van der Waals surface area contributed by atoms with Gasteiger partial charge in [0.1, 0.15) is 10.7 Å². The summed E-state index contributed by atoms with van der Waals surface area (Å²) < 4.78 is 40.1. The maximum Gasteiger partial charge on any atom is 0.264 e. The molecule has 0 aliphatic carbocycles. The normalized spacial score (nSPS) is 11.3. The summed E-state index contributed by atoms with van der Waals surface area (Å²) in [6, 6.07) is 4.89. The van der Waals surface area contributed by atoms with E-state index >= 15 is 0 Å². The number of hydrogen-bond acceptors (Lipinski definition) is 4. The molecule has 0 aliphatic rings. The Bertz CT molecular complexity index is 717. The summed E-state index contributed by atoms with van der Waals surface area (Å²) in [7, 11) is -4.02. The molecule has 0 saturated heterocycles. The first-order valence-corrected chi connectivity index (χ1v) is 6.87. The van der Waals surface area contributed by atoms with Crippen molar-refractivity contribution >= 4 is 21.4 Å². The summed E-state index contributed by atoms with van der Waals surface area (Å²) in [5, 5.41) is 0. The summed E-state index contributed by atoms with van der Waals surface area (Å²) in [5.74, 6) is -0.853. The average molecular weight is 281 g/mol. The molecule has 0 radical (unpaired) electrons. The van der Waals surface area contributed by atoms with E-state index in [4.69, 9.17) is 5.73 Å². The smallest absolute Gasteiger partial charge is 0.264 e. The van der Waals surface area contributed by atoms with Crippen molar-refractivity contribution in [2.24, 2.45) is 0 Å². The highest BCUT2D eigenvalue weighted by Gasteiger charge is 2.20. The van der Waals surface area contributed by atoms with E-state index in [0.717, 1.165) is 12.1 Å². The summed E-state index contributed by atoms with van der Waals surface area (Å²) in [6.07, 6.45) is 2.95. The van der Waals surface area contributed by atoms with Crippen molar-refractivity contribution in [2.45, 2.75) is 11.8 Å². The number of aryl methyl sites for hydroxylation is 1. The molecule has 0 atom stereocenters. The molecule has 2 aromatic rings. The van der Waals surface area contributed by atoms with E-state index in [9.17, 15) is 12.8 Å². The lowest BCUT2D eigenvalue weighted by Crippen LogP contribution is -2.15. The molecular weight excluding hydrogens is 269 g/mol. The van der Waals surface area contributed by atoms with E-state index in [1.54, 1.807) is 6.92 Å². The maximum atomic E-state index is 13.6. The lowest BCUT2D eigenvalue weighted by atomic mass is 10.3. The van der Waals surface area contributed by atoms with Crippen LogP contribution in [-0.4, -0.2) is 13.4 Å². The molecule has 0 aliphatic heterocycles. The summed E-state index contributed by atoms with van der Waals surface area (Å²) in [4.78, 5) is 3.37. The van der Waals surface area contributed by atoms with E-state index < -0.39 is 20.7 Å². The van der Waals surface area contributed by atoms with Gasteiger partial charge in [0.15, 0.2) is 0 Å². The van der Waals surface area contributed by atoms with Gasteiger partial charge < -0.3 is 5.73 Å². The Labute approximate surface area is 110 Å². The van der Waals surface area contributed by atoms with Crippen LogP contribution < -0.4 is 10.5 Å². The molecule has 0 fully saturated rings. The molecule has 0 spiro atoms. The second-order valence-electron chi connectivity index (χ2n) is 3.99. The van der Waals surface area contributed by atoms with Gasteiger partial charge in [0.05, 0.1) is 5.69 Å². The Kier molecular flexibility index (Phi) is 3.39. The monoisotopic (exact) mass is 281 g/mol. The number of nitrogens with two attached hydrogens (primary N) is 1.